The third-order valence-corrected chi connectivity index (χ3v) is 6.83. The van der Waals surface area contributed by atoms with Crippen molar-refractivity contribution in [2.75, 3.05) is 18.5 Å². The van der Waals surface area contributed by atoms with Gasteiger partial charge in [0.05, 0.1) is 13.2 Å². The second-order valence-corrected chi connectivity index (χ2v) is 9.46. The van der Waals surface area contributed by atoms with Gasteiger partial charge in [-0.05, 0) is 31.4 Å². The monoisotopic (exact) mass is 514 g/mol. The smallest absolute Gasteiger partial charge is 0.423 e. The van der Waals surface area contributed by atoms with Gasteiger partial charge in [-0.1, -0.05) is 6.42 Å². The lowest BCUT2D eigenvalue weighted by Gasteiger charge is -2.29. The maximum Gasteiger partial charge on any atom is 0.423 e. The quantitative estimate of drug-likeness (QED) is 0.414. The summed E-state index contributed by atoms with van der Waals surface area (Å²) in [6.45, 7) is 0.480. The van der Waals surface area contributed by atoms with Crippen LogP contribution in [0.25, 0.3) is 17.0 Å². The lowest BCUT2D eigenvalue weighted by atomic mass is 9.85. The summed E-state index contributed by atoms with van der Waals surface area (Å²) in [5, 5.41) is 12.1. The van der Waals surface area contributed by atoms with Crippen LogP contribution in [0, 0.1) is 0 Å². The Hall–Kier alpha value is -3.74. The number of fused-ring (bicyclic) bond motifs is 1. The summed E-state index contributed by atoms with van der Waals surface area (Å²) < 4.78 is 54.7. The van der Waals surface area contributed by atoms with Crippen LogP contribution in [-0.4, -0.2) is 59.5 Å². The van der Waals surface area contributed by atoms with Gasteiger partial charge in [-0.25, -0.2) is 9.97 Å². The van der Waals surface area contributed by atoms with Gasteiger partial charge in [-0.2, -0.15) is 18.2 Å². The molecule has 0 aromatic carbocycles. The van der Waals surface area contributed by atoms with E-state index in [2.05, 4.69) is 30.5 Å². The Bertz CT molecular complexity index is 1410. The zero-order valence-corrected chi connectivity index (χ0v) is 20.0. The molecule has 0 amide bonds. The molecule has 5 heterocycles. The van der Waals surface area contributed by atoms with Crippen LogP contribution in [-0.2, 0) is 18.0 Å². The Morgan fingerprint density at radius 1 is 1.14 bits per heavy atom. The third-order valence-electron chi connectivity index (χ3n) is 6.83. The minimum absolute atomic E-state index is 0.0328. The fourth-order valence-corrected chi connectivity index (χ4v) is 4.87. The summed E-state index contributed by atoms with van der Waals surface area (Å²) in [7, 11) is 1.94. The molecule has 0 spiro atoms. The molecule has 4 aromatic rings. The first-order valence-corrected chi connectivity index (χ1v) is 12.1. The minimum atomic E-state index is -4.61. The van der Waals surface area contributed by atoms with Crippen molar-refractivity contribution in [3.05, 3.63) is 48.3 Å². The standard InChI is InChI=1S/C24H25F3N8O2/c1-34-8-6-28-20(34)15-5-7-35-19(10-15)32-33-21(35)14-3-2-4-16(9-14)30-23-29-11-18(24(25,26)27)22(31-23)37-17-12-36-13-17/h5-8,10-11,14,16-17H,2-4,9,12-13H2,1H3,(H,29,30,31)/t14-,16+/m0/s1. The number of nitrogens with zero attached hydrogens (tertiary/aromatic N) is 7. The molecule has 13 heteroatoms. The number of aryl methyl sites for hydroxylation is 1. The molecule has 37 heavy (non-hydrogen) atoms. The molecule has 10 nitrogen and oxygen atoms in total. The SMILES string of the molecule is Cn1ccnc1-c1ccn2c([C@H]3CCC[C@@H](Nc4ncc(C(F)(F)F)c(OC5COC5)n4)C3)nnc2c1. The molecule has 6 rings (SSSR count). The van der Waals surface area contributed by atoms with E-state index in [1.54, 1.807) is 6.20 Å². The molecule has 2 fully saturated rings. The van der Waals surface area contributed by atoms with Gasteiger partial charge < -0.3 is 19.4 Å². The molecule has 1 aliphatic heterocycles. The number of anilines is 1. The average molecular weight is 515 g/mol. The van der Waals surface area contributed by atoms with Crippen molar-refractivity contribution in [1.29, 1.82) is 0 Å². The summed E-state index contributed by atoms with van der Waals surface area (Å²) in [6, 6.07) is 3.92. The van der Waals surface area contributed by atoms with Crippen molar-refractivity contribution in [2.24, 2.45) is 7.05 Å². The number of aromatic nitrogens is 7. The minimum Gasteiger partial charge on any atom is -0.469 e. The summed E-state index contributed by atoms with van der Waals surface area (Å²) in [5.41, 5.74) is 0.692. The van der Waals surface area contributed by atoms with Gasteiger partial charge in [-0.15, -0.1) is 10.2 Å². The molecule has 1 saturated carbocycles. The van der Waals surface area contributed by atoms with E-state index in [1.807, 2.05) is 40.5 Å². The molecule has 0 unspecified atom stereocenters. The van der Waals surface area contributed by atoms with Crippen LogP contribution in [0.5, 0.6) is 5.88 Å². The Morgan fingerprint density at radius 2 is 2.00 bits per heavy atom. The number of imidazole rings is 1. The highest BCUT2D eigenvalue weighted by Crippen LogP contribution is 2.37. The highest BCUT2D eigenvalue weighted by atomic mass is 19.4. The van der Waals surface area contributed by atoms with Gasteiger partial charge in [0.15, 0.2) is 5.65 Å². The molecule has 4 aromatic heterocycles. The van der Waals surface area contributed by atoms with Gasteiger partial charge in [-0.3, -0.25) is 4.40 Å². The number of halogens is 3. The Kier molecular flexibility index (Phi) is 5.94. The zero-order chi connectivity index (χ0) is 25.6. The molecule has 194 valence electrons. The maximum atomic E-state index is 13.4. The summed E-state index contributed by atoms with van der Waals surface area (Å²) >= 11 is 0. The van der Waals surface area contributed by atoms with Gasteiger partial charge in [0, 0.05) is 49.4 Å². The third kappa shape index (κ3) is 4.70. The van der Waals surface area contributed by atoms with Crippen LogP contribution in [0.2, 0.25) is 0 Å². The molecule has 1 N–H and O–H groups in total. The molecule has 2 atom stereocenters. The van der Waals surface area contributed by atoms with Gasteiger partial charge >= 0.3 is 6.18 Å². The van der Waals surface area contributed by atoms with E-state index in [0.717, 1.165) is 54.7 Å². The Morgan fingerprint density at radius 3 is 2.73 bits per heavy atom. The lowest BCUT2D eigenvalue weighted by molar-refractivity contribution is -0.142. The van der Waals surface area contributed by atoms with Crippen molar-refractivity contribution in [1.82, 2.24) is 34.1 Å². The fourth-order valence-electron chi connectivity index (χ4n) is 4.87. The van der Waals surface area contributed by atoms with Gasteiger partial charge in [0.1, 0.15) is 23.3 Å². The van der Waals surface area contributed by atoms with Crippen LogP contribution >= 0.6 is 0 Å². The molecule has 1 saturated heterocycles. The first-order valence-electron chi connectivity index (χ1n) is 12.1. The van der Waals surface area contributed by atoms with E-state index in [0.29, 0.717) is 0 Å². The maximum absolute atomic E-state index is 13.4. The molecular weight excluding hydrogens is 489 g/mol. The predicted molar refractivity (Wildman–Crippen MR) is 126 cm³/mol. The topological polar surface area (TPSA) is 104 Å². The first kappa shape index (κ1) is 23.6. The van der Waals surface area contributed by atoms with E-state index in [4.69, 9.17) is 9.47 Å². The number of rotatable bonds is 6. The normalized spacial score (nSPS) is 20.6. The molecule has 2 aliphatic rings. The number of alkyl halides is 3. The summed E-state index contributed by atoms with van der Waals surface area (Å²) in [6.07, 6.45) is 4.74. The Balaban J connectivity index is 1.20. The highest BCUT2D eigenvalue weighted by molar-refractivity contribution is 5.61. The Labute approximate surface area is 209 Å². The zero-order valence-electron chi connectivity index (χ0n) is 20.0. The van der Waals surface area contributed by atoms with Crippen LogP contribution in [0.3, 0.4) is 0 Å². The van der Waals surface area contributed by atoms with E-state index < -0.39 is 23.7 Å². The molecule has 0 bridgehead atoms. The highest BCUT2D eigenvalue weighted by Gasteiger charge is 2.38. The van der Waals surface area contributed by atoms with Crippen molar-refractivity contribution in [2.45, 2.75) is 49.9 Å². The van der Waals surface area contributed by atoms with Crippen molar-refractivity contribution in [3.8, 4) is 17.3 Å². The second-order valence-electron chi connectivity index (χ2n) is 9.46. The van der Waals surface area contributed by atoms with Crippen LogP contribution in [0.1, 0.15) is 43.0 Å². The second kappa shape index (κ2) is 9.29. The van der Waals surface area contributed by atoms with Gasteiger partial charge in [0.2, 0.25) is 11.8 Å². The average Bonchev–Trinajstić information content (AvgIpc) is 3.46. The van der Waals surface area contributed by atoms with Crippen LogP contribution in [0.15, 0.2) is 36.9 Å². The number of ether oxygens (including phenoxy) is 2. The van der Waals surface area contributed by atoms with Gasteiger partial charge in [0.25, 0.3) is 0 Å². The van der Waals surface area contributed by atoms with E-state index >= 15 is 0 Å². The first-order chi connectivity index (χ1) is 17.8. The number of hydrogen-bond acceptors (Lipinski definition) is 8. The molecule has 0 radical (unpaired) electrons. The van der Waals surface area contributed by atoms with Crippen molar-refractivity contribution >= 4 is 11.6 Å². The summed E-state index contributed by atoms with van der Waals surface area (Å²) in [4.78, 5) is 12.4. The molecular formula is C24H25F3N8O2. The van der Waals surface area contributed by atoms with Crippen molar-refractivity contribution in [3.63, 3.8) is 0 Å². The van der Waals surface area contributed by atoms with E-state index in [1.165, 1.54) is 0 Å². The van der Waals surface area contributed by atoms with Crippen LogP contribution in [0.4, 0.5) is 19.1 Å². The van der Waals surface area contributed by atoms with Crippen molar-refractivity contribution < 1.29 is 22.6 Å². The summed E-state index contributed by atoms with van der Waals surface area (Å²) in [5.74, 6) is 1.46. The number of nitrogens with one attached hydrogen (secondary N) is 1. The van der Waals surface area contributed by atoms with E-state index in [-0.39, 0.29) is 31.1 Å². The molecule has 1 aliphatic carbocycles. The number of hydrogen-bond donors (Lipinski definition) is 1. The van der Waals surface area contributed by atoms with E-state index in [9.17, 15) is 13.2 Å². The predicted octanol–water partition coefficient (Wildman–Crippen LogP) is 3.85. The number of pyridine rings is 1. The fraction of sp³-hybridized carbons (Fsp3) is 0.458. The largest absolute Gasteiger partial charge is 0.469 e. The van der Waals surface area contributed by atoms with Crippen LogP contribution < -0.4 is 10.1 Å². The lowest BCUT2D eigenvalue weighted by Crippen LogP contribution is -2.39.